The van der Waals surface area contributed by atoms with Gasteiger partial charge >= 0.3 is 0 Å². The van der Waals surface area contributed by atoms with E-state index in [9.17, 15) is 0 Å². The van der Waals surface area contributed by atoms with Gasteiger partial charge in [0.05, 0.1) is 0 Å². The zero-order chi connectivity index (χ0) is 7.15. The van der Waals surface area contributed by atoms with Crippen molar-refractivity contribution in [2.75, 3.05) is 0 Å². The van der Waals surface area contributed by atoms with Crippen LogP contribution in [-0.4, -0.2) is 11.9 Å². The Bertz CT molecular complexity index is 64.5. The van der Waals surface area contributed by atoms with Crippen LogP contribution in [0, 0.1) is 10.8 Å². The van der Waals surface area contributed by atoms with Crippen LogP contribution in [0.5, 0.6) is 0 Å². The predicted octanol–water partition coefficient (Wildman–Crippen LogP) is -2.32. The van der Waals surface area contributed by atoms with Crippen molar-refractivity contribution in [1.29, 1.82) is 10.8 Å². The minimum atomic E-state index is -0.333. The van der Waals surface area contributed by atoms with Gasteiger partial charge < -0.3 is 22.9 Å². The molecule has 0 atom stereocenters. The van der Waals surface area contributed by atoms with Crippen molar-refractivity contribution in [3.05, 3.63) is 0 Å². The first-order valence-electron chi connectivity index (χ1n) is 1.65. The molecule has 10 N–H and O–H groups in total. The smallest absolute Gasteiger partial charge is 0.183 e. The Morgan fingerprint density at radius 3 is 0.750 bits per heavy atom. The van der Waals surface area contributed by atoms with Crippen LogP contribution < -0.4 is 22.9 Å². The number of hydrogen-bond donors (Lipinski definition) is 6. The van der Waals surface area contributed by atoms with Crippen LogP contribution in [0.3, 0.4) is 0 Å². The maximum absolute atomic E-state index is 6.06. The Kier molecular flexibility index (Phi) is 6.74. The standard InChI is InChI=1S/2CH5N3/c2*2-1(3)4/h2*(H5,2,3,4). The molecule has 0 amide bonds. The molecule has 0 unspecified atom stereocenters. The van der Waals surface area contributed by atoms with Gasteiger partial charge in [0.1, 0.15) is 0 Å². The fraction of sp³-hybridized carbons (Fsp3) is 0. The van der Waals surface area contributed by atoms with Crippen molar-refractivity contribution in [3.63, 3.8) is 0 Å². The Labute approximate surface area is 46.8 Å². The van der Waals surface area contributed by atoms with E-state index in [1.165, 1.54) is 0 Å². The third-order valence-electron chi connectivity index (χ3n) is 0. The van der Waals surface area contributed by atoms with Crippen LogP contribution in [0.15, 0.2) is 0 Å². The maximum atomic E-state index is 6.06. The molecule has 0 rings (SSSR count). The second kappa shape index (κ2) is 5.54. The lowest BCUT2D eigenvalue weighted by atomic mass is 11.1. The van der Waals surface area contributed by atoms with Gasteiger partial charge in [-0.15, -0.1) is 0 Å². The van der Waals surface area contributed by atoms with Crippen LogP contribution in [0.4, 0.5) is 0 Å². The first-order chi connectivity index (χ1) is 3.46. The molecule has 0 aliphatic heterocycles. The minimum Gasteiger partial charge on any atom is -0.370 e. The molecular formula is C2H10N6. The van der Waals surface area contributed by atoms with Gasteiger partial charge in [0.15, 0.2) is 11.9 Å². The Balaban J connectivity index is 0. The predicted molar refractivity (Wildman–Crippen MR) is 32.2 cm³/mol. The summed E-state index contributed by atoms with van der Waals surface area (Å²) < 4.78 is 0. The molecule has 6 nitrogen and oxygen atoms in total. The molecule has 8 heavy (non-hydrogen) atoms. The van der Waals surface area contributed by atoms with E-state index in [-0.39, 0.29) is 11.9 Å². The first kappa shape index (κ1) is 9.74. The van der Waals surface area contributed by atoms with Gasteiger partial charge in [-0.3, -0.25) is 10.8 Å². The second-order valence-corrected chi connectivity index (χ2v) is 0.911. The molecule has 0 bridgehead atoms. The Morgan fingerprint density at radius 2 is 0.750 bits per heavy atom. The van der Waals surface area contributed by atoms with E-state index in [2.05, 4.69) is 22.9 Å². The highest BCUT2D eigenvalue weighted by Gasteiger charge is 1.52. The first-order valence-corrected chi connectivity index (χ1v) is 1.65. The average Bonchev–Trinajstić information content (AvgIpc) is 1.25. The number of guanidine groups is 2. The zero-order valence-electron chi connectivity index (χ0n) is 4.31. The van der Waals surface area contributed by atoms with Crippen molar-refractivity contribution in [1.82, 2.24) is 0 Å². The second-order valence-electron chi connectivity index (χ2n) is 0.911. The summed E-state index contributed by atoms with van der Waals surface area (Å²) >= 11 is 0. The Hall–Kier alpha value is -1.46. The molecule has 0 spiro atoms. The van der Waals surface area contributed by atoms with Crippen molar-refractivity contribution < 1.29 is 0 Å². The molecule has 6 heteroatoms. The highest BCUT2D eigenvalue weighted by molar-refractivity contribution is 5.72. The summed E-state index contributed by atoms with van der Waals surface area (Å²) in [5.74, 6) is -0.667. The highest BCUT2D eigenvalue weighted by Crippen LogP contribution is 1.13. The molecule has 0 aliphatic rings. The topological polar surface area (TPSA) is 152 Å². The van der Waals surface area contributed by atoms with Crippen LogP contribution in [0.1, 0.15) is 0 Å². The van der Waals surface area contributed by atoms with Gasteiger partial charge in [-0.2, -0.15) is 0 Å². The average molecular weight is 118 g/mol. The van der Waals surface area contributed by atoms with Crippen molar-refractivity contribution >= 4 is 11.9 Å². The number of nitrogens with one attached hydrogen (secondary N) is 2. The molecule has 0 saturated carbocycles. The zero-order valence-corrected chi connectivity index (χ0v) is 4.31. The number of rotatable bonds is 0. The van der Waals surface area contributed by atoms with Crippen LogP contribution in [0.2, 0.25) is 0 Å². The molecule has 0 fully saturated rings. The number of nitrogens with two attached hydrogens (primary N) is 4. The van der Waals surface area contributed by atoms with E-state index in [4.69, 9.17) is 10.8 Å². The summed E-state index contributed by atoms with van der Waals surface area (Å²) in [7, 11) is 0. The normalized spacial score (nSPS) is 6.00. The largest absolute Gasteiger partial charge is 0.370 e. The molecule has 0 saturated heterocycles. The molecule has 0 aliphatic carbocycles. The highest BCUT2D eigenvalue weighted by atomic mass is 14.9. The summed E-state index contributed by atoms with van der Waals surface area (Å²) in [6.45, 7) is 0. The third kappa shape index (κ3) is 26.7. The Morgan fingerprint density at radius 1 is 0.750 bits per heavy atom. The van der Waals surface area contributed by atoms with Crippen LogP contribution in [-0.2, 0) is 0 Å². The quantitative estimate of drug-likeness (QED) is 0.156. The maximum Gasteiger partial charge on any atom is 0.183 e. The van der Waals surface area contributed by atoms with Gasteiger partial charge in [0.2, 0.25) is 0 Å². The van der Waals surface area contributed by atoms with E-state index in [1.807, 2.05) is 0 Å². The monoisotopic (exact) mass is 118 g/mol. The molecule has 0 aromatic heterocycles. The molecule has 0 radical (unpaired) electrons. The van der Waals surface area contributed by atoms with Gasteiger partial charge in [0.25, 0.3) is 0 Å². The SMILES string of the molecule is N=C(N)N.N=C(N)N. The van der Waals surface area contributed by atoms with E-state index in [1.54, 1.807) is 0 Å². The van der Waals surface area contributed by atoms with E-state index >= 15 is 0 Å². The summed E-state index contributed by atoms with van der Waals surface area (Å²) in [5, 5.41) is 12.1. The lowest BCUT2D eigenvalue weighted by Gasteiger charge is -1.69. The summed E-state index contributed by atoms with van der Waals surface area (Å²) in [5.41, 5.74) is 17.9. The molecule has 0 heterocycles. The van der Waals surface area contributed by atoms with Gasteiger partial charge in [-0.05, 0) is 0 Å². The molecular weight excluding hydrogens is 108 g/mol. The van der Waals surface area contributed by atoms with Crippen molar-refractivity contribution in [2.24, 2.45) is 22.9 Å². The van der Waals surface area contributed by atoms with E-state index in [0.29, 0.717) is 0 Å². The molecule has 0 aromatic carbocycles. The number of hydrogen-bond acceptors (Lipinski definition) is 2. The molecule has 48 valence electrons. The summed E-state index contributed by atoms with van der Waals surface area (Å²) in [6.07, 6.45) is 0. The van der Waals surface area contributed by atoms with Crippen LogP contribution >= 0.6 is 0 Å². The summed E-state index contributed by atoms with van der Waals surface area (Å²) in [4.78, 5) is 0. The fourth-order valence-electron chi connectivity index (χ4n) is 0. The van der Waals surface area contributed by atoms with Crippen molar-refractivity contribution in [2.45, 2.75) is 0 Å². The third-order valence-corrected chi connectivity index (χ3v) is 0. The lowest BCUT2D eigenvalue weighted by Crippen LogP contribution is -2.20. The minimum absolute atomic E-state index is 0.333. The summed E-state index contributed by atoms with van der Waals surface area (Å²) in [6, 6.07) is 0. The fourth-order valence-corrected chi connectivity index (χ4v) is 0. The van der Waals surface area contributed by atoms with Gasteiger partial charge in [-0.25, -0.2) is 0 Å². The van der Waals surface area contributed by atoms with Crippen molar-refractivity contribution in [3.8, 4) is 0 Å². The lowest BCUT2D eigenvalue weighted by molar-refractivity contribution is 1.38. The van der Waals surface area contributed by atoms with Gasteiger partial charge in [0, 0.05) is 0 Å². The van der Waals surface area contributed by atoms with E-state index < -0.39 is 0 Å². The van der Waals surface area contributed by atoms with E-state index in [0.717, 1.165) is 0 Å². The molecule has 0 aromatic rings. The van der Waals surface area contributed by atoms with Gasteiger partial charge in [-0.1, -0.05) is 0 Å². The van der Waals surface area contributed by atoms with Crippen LogP contribution in [0.25, 0.3) is 0 Å².